The monoisotopic (exact) mass is 500 g/mol. The summed E-state index contributed by atoms with van der Waals surface area (Å²) in [6.07, 6.45) is 1.08. The van der Waals surface area contributed by atoms with Gasteiger partial charge in [-0.2, -0.15) is 23.4 Å². The lowest BCUT2D eigenvalue weighted by Gasteiger charge is -2.18. The lowest BCUT2D eigenvalue weighted by molar-refractivity contribution is -0.137. The molecule has 3 rings (SSSR count). The van der Waals surface area contributed by atoms with Crippen LogP contribution in [0.3, 0.4) is 0 Å². The largest absolute Gasteiger partial charge is 0.421 e. The van der Waals surface area contributed by atoms with E-state index in [1.165, 1.54) is 0 Å². The normalized spacial score (nSPS) is 14.4. The minimum absolute atomic E-state index is 0.0677. The van der Waals surface area contributed by atoms with Crippen LogP contribution in [0, 0.1) is 16.7 Å². The molecule has 1 saturated carbocycles. The highest BCUT2D eigenvalue weighted by Crippen LogP contribution is 2.45. The Kier molecular flexibility index (Phi) is 8.96. The molecule has 1 aliphatic carbocycles. The smallest absolute Gasteiger partial charge is 0.368 e. The number of nitrogens with one attached hydrogen (secondary N) is 2. The van der Waals surface area contributed by atoms with E-state index >= 15 is 0 Å². The number of hydrogen-bond donors (Lipinski definition) is 2. The fourth-order valence-electron chi connectivity index (χ4n) is 4.03. The van der Waals surface area contributed by atoms with Gasteiger partial charge < -0.3 is 15.5 Å². The SMILES string of the molecule is C=C(CCN(C)CCC)Cc1ccc(Nc2ncc(C(F)(F)F)c(NCC3(C#N)CC3)n2)c(CC)c1. The Balaban J connectivity index is 1.72. The van der Waals surface area contributed by atoms with E-state index in [1.54, 1.807) is 0 Å². The Morgan fingerprint density at radius 1 is 1.25 bits per heavy atom. The molecule has 1 aromatic heterocycles. The number of hydrogen-bond acceptors (Lipinski definition) is 6. The van der Waals surface area contributed by atoms with E-state index in [0.29, 0.717) is 12.8 Å². The van der Waals surface area contributed by atoms with Crippen LogP contribution >= 0.6 is 0 Å². The second kappa shape index (κ2) is 11.7. The van der Waals surface area contributed by atoms with Crippen LogP contribution in [0.2, 0.25) is 0 Å². The molecule has 194 valence electrons. The number of benzene rings is 1. The van der Waals surface area contributed by atoms with Gasteiger partial charge in [-0.1, -0.05) is 38.1 Å². The van der Waals surface area contributed by atoms with Gasteiger partial charge in [-0.3, -0.25) is 0 Å². The summed E-state index contributed by atoms with van der Waals surface area (Å²) in [6, 6.07) is 8.18. The molecular formula is C27H35F3N6. The average Bonchev–Trinajstić information content (AvgIpc) is 3.62. The maximum absolute atomic E-state index is 13.5. The van der Waals surface area contributed by atoms with Crippen LogP contribution in [-0.4, -0.2) is 41.5 Å². The molecule has 9 heteroatoms. The van der Waals surface area contributed by atoms with Crippen molar-refractivity contribution in [3.05, 3.63) is 53.2 Å². The molecule has 0 aliphatic heterocycles. The summed E-state index contributed by atoms with van der Waals surface area (Å²) in [5.41, 5.74) is 2.51. The van der Waals surface area contributed by atoms with E-state index in [0.717, 1.165) is 67.4 Å². The van der Waals surface area contributed by atoms with E-state index < -0.39 is 17.2 Å². The van der Waals surface area contributed by atoms with Crippen molar-refractivity contribution in [3.63, 3.8) is 0 Å². The summed E-state index contributed by atoms with van der Waals surface area (Å²) in [5, 5.41) is 15.1. The Bertz CT molecular complexity index is 1100. The first-order chi connectivity index (χ1) is 17.1. The maximum atomic E-state index is 13.5. The first kappa shape index (κ1) is 27.5. The molecule has 1 aromatic carbocycles. The van der Waals surface area contributed by atoms with E-state index in [-0.39, 0.29) is 18.3 Å². The zero-order chi connectivity index (χ0) is 26.3. The van der Waals surface area contributed by atoms with Crippen molar-refractivity contribution in [1.29, 1.82) is 5.26 Å². The second-order valence-electron chi connectivity index (χ2n) is 9.65. The van der Waals surface area contributed by atoms with Crippen molar-refractivity contribution in [2.75, 3.05) is 37.3 Å². The predicted molar refractivity (Wildman–Crippen MR) is 137 cm³/mol. The van der Waals surface area contributed by atoms with Gasteiger partial charge in [0.25, 0.3) is 0 Å². The minimum Gasteiger partial charge on any atom is -0.368 e. The highest BCUT2D eigenvalue weighted by molar-refractivity contribution is 5.61. The van der Waals surface area contributed by atoms with Gasteiger partial charge in [0.2, 0.25) is 5.95 Å². The number of nitrogens with zero attached hydrogens (tertiary/aromatic N) is 4. The number of alkyl halides is 3. The molecule has 1 aliphatic rings. The third-order valence-electron chi connectivity index (χ3n) is 6.48. The van der Waals surface area contributed by atoms with Crippen molar-refractivity contribution in [1.82, 2.24) is 14.9 Å². The molecule has 0 saturated heterocycles. The van der Waals surface area contributed by atoms with Crippen LogP contribution in [0.4, 0.5) is 30.6 Å². The van der Waals surface area contributed by atoms with Crippen LogP contribution in [-0.2, 0) is 19.0 Å². The summed E-state index contributed by atoms with van der Waals surface area (Å²) in [6.45, 7) is 10.6. The van der Waals surface area contributed by atoms with Crippen molar-refractivity contribution in [2.45, 2.75) is 58.5 Å². The molecule has 0 unspecified atom stereocenters. The Morgan fingerprint density at radius 2 is 2.00 bits per heavy atom. The molecule has 2 N–H and O–H groups in total. The van der Waals surface area contributed by atoms with Gasteiger partial charge in [0.1, 0.15) is 11.4 Å². The number of halogens is 3. The summed E-state index contributed by atoms with van der Waals surface area (Å²) < 4.78 is 40.5. The van der Waals surface area contributed by atoms with Crippen molar-refractivity contribution < 1.29 is 13.2 Å². The molecule has 0 bridgehead atoms. The van der Waals surface area contributed by atoms with Crippen LogP contribution in [0.15, 0.2) is 36.5 Å². The third kappa shape index (κ3) is 7.44. The highest BCUT2D eigenvalue weighted by Gasteiger charge is 2.44. The lowest BCUT2D eigenvalue weighted by atomic mass is 9.99. The minimum atomic E-state index is -4.60. The fourth-order valence-corrected chi connectivity index (χ4v) is 4.03. The number of nitriles is 1. The van der Waals surface area contributed by atoms with E-state index in [1.807, 2.05) is 19.1 Å². The van der Waals surface area contributed by atoms with Crippen LogP contribution < -0.4 is 10.6 Å². The van der Waals surface area contributed by atoms with E-state index in [2.05, 4.69) is 58.2 Å². The maximum Gasteiger partial charge on any atom is 0.421 e. The zero-order valence-electron chi connectivity index (χ0n) is 21.3. The Labute approximate surface area is 211 Å². The number of anilines is 3. The van der Waals surface area contributed by atoms with Gasteiger partial charge in [-0.15, -0.1) is 0 Å². The summed E-state index contributed by atoms with van der Waals surface area (Å²) in [7, 11) is 2.12. The standard InChI is InChI=1S/C27H35F3N6/c1-5-12-36(4)13-9-19(3)14-20-7-8-23(21(6-2)15-20)34-25-32-16-22(27(28,29)30)24(35-25)33-18-26(17-31)10-11-26/h7-8,15-16H,3,5-6,9-14,18H2,1-2,4H3,(H2,32,33,34,35). The van der Waals surface area contributed by atoms with Gasteiger partial charge >= 0.3 is 6.18 Å². The van der Waals surface area contributed by atoms with Gasteiger partial charge in [0, 0.05) is 25.0 Å². The molecule has 6 nitrogen and oxygen atoms in total. The number of aryl methyl sites for hydroxylation is 1. The van der Waals surface area contributed by atoms with Crippen LogP contribution in [0.25, 0.3) is 0 Å². The van der Waals surface area contributed by atoms with Gasteiger partial charge in [0.05, 0.1) is 11.5 Å². The second-order valence-corrected chi connectivity index (χ2v) is 9.65. The summed E-state index contributed by atoms with van der Waals surface area (Å²) in [4.78, 5) is 10.3. The quantitative estimate of drug-likeness (QED) is 0.312. The molecule has 0 radical (unpaired) electrons. The predicted octanol–water partition coefficient (Wildman–Crippen LogP) is 6.35. The molecule has 1 fully saturated rings. The molecule has 2 aromatic rings. The Morgan fingerprint density at radius 3 is 2.61 bits per heavy atom. The van der Waals surface area contributed by atoms with Crippen molar-refractivity contribution in [2.24, 2.45) is 5.41 Å². The number of rotatable bonds is 13. The summed E-state index contributed by atoms with van der Waals surface area (Å²) >= 11 is 0. The van der Waals surface area contributed by atoms with Gasteiger partial charge in [-0.25, -0.2) is 4.98 Å². The van der Waals surface area contributed by atoms with Gasteiger partial charge in [-0.05, 0) is 69.3 Å². The third-order valence-corrected chi connectivity index (χ3v) is 6.48. The fraction of sp³-hybridized carbons (Fsp3) is 0.519. The van der Waals surface area contributed by atoms with Crippen molar-refractivity contribution >= 4 is 17.5 Å². The highest BCUT2D eigenvalue weighted by atomic mass is 19.4. The van der Waals surface area contributed by atoms with E-state index in [4.69, 9.17) is 0 Å². The average molecular weight is 501 g/mol. The molecule has 36 heavy (non-hydrogen) atoms. The first-order valence-electron chi connectivity index (χ1n) is 12.4. The lowest BCUT2D eigenvalue weighted by Crippen LogP contribution is -2.20. The van der Waals surface area contributed by atoms with Gasteiger partial charge in [0.15, 0.2) is 0 Å². The zero-order valence-corrected chi connectivity index (χ0v) is 21.3. The van der Waals surface area contributed by atoms with Crippen molar-refractivity contribution in [3.8, 4) is 6.07 Å². The topological polar surface area (TPSA) is 76.9 Å². The number of aromatic nitrogens is 2. The van der Waals surface area contributed by atoms with Crippen LogP contribution in [0.1, 0.15) is 56.2 Å². The molecule has 1 heterocycles. The molecular weight excluding hydrogens is 465 g/mol. The summed E-state index contributed by atoms with van der Waals surface area (Å²) in [5.74, 6) is -0.251. The first-order valence-corrected chi connectivity index (χ1v) is 12.4. The molecule has 0 spiro atoms. The Hall–Kier alpha value is -3.12. The van der Waals surface area contributed by atoms with Crippen LogP contribution in [0.5, 0.6) is 0 Å². The van der Waals surface area contributed by atoms with E-state index in [9.17, 15) is 18.4 Å². The molecule has 0 atom stereocenters. The molecule has 0 amide bonds.